The van der Waals surface area contributed by atoms with Gasteiger partial charge in [-0.25, -0.2) is 4.98 Å². The number of hydrogen-bond donors (Lipinski definition) is 1. The molecule has 0 radical (unpaired) electrons. The molecule has 0 aliphatic carbocycles. The number of aromatic nitrogens is 1. The molecule has 2 aromatic rings. The van der Waals surface area contributed by atoms with Gasteiger partial charge in [-0.05, 0) is 31.4 Å². The van der Waals surface area contributed by atoms with Crippen LogP contribution < -0.4 is 5.32 Å². The van der Waals surface area contributed by atoms with Crippen molar-refractivity contribution in [3.05, 3.63) is 29.8 Å². The average Bonchev–Trinajstić information content (AvgIpc) is 3.30. The molecule has 3 atom stereocenters. The van der Waals surface area contributed by atoms with Gasteiger partial charge in [-0.3, -0.25) is 9.59 Å². The van der Waals surface area contributed by atoms with Gasteiger partial charge < -0.3 is 24.3 Å². The lowest BCUT2D eigenvalue weighted by Crippen LogP contribution is -2.47. The SMILES string of the molecule is O=C(N[C@@H]1C[C@@H]2CCN(C2)C1)c1cc2c(C(=O)N3CCOCC3)coc2cn1. The molecule has 1 N–H and O–H groups in total. The Morgan fingerprint density at radius 2 is 2.04 bits per heavy atom. The number of hydrogen-bond acceptors (Lipinski definition) is 6. The molecule has 3 aliphatic rings. The number of rotatable bonds is 3. The van der Waals surface area contributed by atoms with Gasteiger partial charge in [0.25, 0.3) is 11.8 Å². The molecular formula is C20H24N4O4. The van der Waals surface area contributed by atoms with Crippen LogP contribution in [0.4, 0.5) is 0 Å². The van der Waals surface area contributed by atoms with E-state index >= 15 is 0 Å². The normalized spacial score (nSPS) is 27.1. The smallest absolute Gasteiger partial charge is 0.270 e. The summed E-state index contributed by atoms with van der Waals surface area (Å²) in [4.78, 5) is 34.0. The van der Waals surface area contributed by atoms with Crippen LogP contribution in [0.2, 0.25) is 0 Å². The third kappa shape index (κ3) is 3.27. The molecule has 0 spiro atoms. The van der Waals surface area contributed by atoms with E-state index in [1.807, 2.05) is 0 Å². The zero-order chi connectivity index (χ0) is 19.1. The largest absolute Gasteiger partial charge is 0.462 e. The Labute approximate surface area is 162 Å². The standard InChI is InChI=1S/C20H24N4O4/c25-19(22-14-7-13-1-2-23(10-13)11-14)17-8-15-16(12-28-18(15)9-21-17)20(26)24-3-5-27-6-4-24/h8-9,12-14H,1-7,10-11H2,(H,22,25)/t13-,14+/m0/s1. The molecule has 0 saturated carbocycles. The number of piperidine rings is 1. The van der Waals surface area contributed by atoms with E-state index in [4.69, 9.17) is 9.15 Å². The summed E-state index contributed by atoms with van der Waals surface area (Å²) in [6, 6.07) is 1.82. The lowest BCUT2D eigenvalue weighted by Gasteiger charge is -2.30. The lowest BCUT2D eigenvalue weighted by molar-refractivity contribution is 0.0303. The molecule has 5 heterocycles. The molecule has 8 nitrogen and oxygen atoms in total. The average molecular weight is 384 g/mol. The Hall–Kier alpha value is -2.45. The van der Waals surface area contributed by atoms with Crippen molar-refractivity contribution in [2.75, 3.05) is 45.9 Å². The summed E-state index contributed by atoms with van der Waals surface area (Å²) in [7, 11) is 0. The highest BCUT2D eigenvalue weighted by Crippen LogP contribution is 2.27. The minimum absolute atomic E-state index is 0.101. The summed E-state index contributed by atoms with van der Waals surface area (Å²) < 4.78 is 10.8. The van der Waals surface area contributed by atoms with Crippen LogP contribution in [0.1, 0.15) is 33.7 Å². The molecule has 28 heavy (non-hydrogen) atoms. The summed E-state index contributed by atoms with van der Waals surface area (Å²) in [5.41, 5.74) is 1.29. The number of fused-ring (bicyclic) bond motifs is 3. The molecular weight excluding hydrogens is 360 g/mol. The molecule has 2 aromatic heterocycles. The molecule has 2 amide bonds. The molecule has 148 valence electrons. The van der Waals surface area contributed by atoms with E-state index in [9.17, 15) is 9.59 Å². The second kappa shape index (κ2) is 7.18. The topological polar surface area (TPSA) is 87.9 Å². The van der Waals surface area contributed by atoms with Gasteiger partial charge in [0.1, 0.15) is 12.0 Å². The molecule has 2 bridgehead atoms. The van der Waals surface area contributed by atoms with Gasteiger partial charge >= 0.3 is 0 Å². The molecule has 0 aromatic carbocycles. The van der Waals surface area contributed by atoms with Crippen molar-refractivity contribution in [3.63, 3.8) is 0 Å². The molecule has 3 aliphatic heterocycles. The minimum atomic E-state index is -0.194. The highest BCUT2D eigenvalue weighted by Gasteiger charge is 2.33. The maximum atomic E-state index is 12.8. The first-order valence-electron chi connectivity index (χ1n) is 9.95. The first kappa shape index (κ1) is 17.6. The van der Waals surface area contributed by atoms with Gasteiger partial charge in [0.2, 0.25) is 0 Å². The number of amides is 2. The van der Waals surface area contributed by atoms with Crippen LogP contribution in [-0.4, -0.2) is 78.6 Å². The number of ether oxygens (including phenoxy) is 1. The van der Waals surface area contributed by atoms with Gasteiger partial charge in [-0.2, -0.15) is 0 Å². The fraction of sp³-hybridized carbons (Fsp3) is 0.550. The quantitative estimate of drug-likeness (QED) is 0.853. The second-order valence-corrected chi connectivity index (χ2v) is 7.94. The van der Waals surface area contributed by atoms with Crippen LogP contribution in [0, 0.1) is 5.92 Å². The summed E-state index contributed by atoms with van der Waals surface area (Å²) in [6.07, 6.45) is 5.22. The summed E-state index contributed by atoms with van der Waals surface area (Å²) in [5.74, 6) is 0.387. The van der Waals surface area contributed by atoms with Crippen molar-refractivity contribution in [2.45, 2.75) is 18.9 Å². The van der Waals surface area contributed by atoms with Crippen molar-refractivity contribution in [1.82, 2.24) is 20.1 Å². The van der Waals surface area contributed by atoms with E-state index in [2.05, 4.69) is 15.2 Å². The molecule has 3 saturated heterocycles. The van der Waals surface area contributed by atoms with E-state index in [0.717, 1.165) is 26.1 Å². The van der Waals surface area contributed by atoms with Crippen LogP contribution in [0.25, 0.3) is 11.0 Å². The zero-order valence-corrected chi connectivity index (χ0v) is 15.7. The van der Waals surface area contributed by atoms with E-state index in [-0.39, 0.29) is 17.9 Å². The Morgan fingerprint density at radius 1 is 1.18 bits per heavy atom. The van der Waals surface area contributed by atoms with E-state index in [1.54, 1.807) is 11.0 Å². The highest BCUT2D eigenvalue weighted by molar-refractivity contribution is 6.07. The van der Waals surface area contributed by atoms with Crippen molar-refractivity contribution in [2.24, 2.45) is 5.92 Å². The maximum Gasteiger partial charge on any atom is 0.270 e. The molecule has 8 heteroatoms. The van der Waals surface area contributed by atoms with Crippen LogP contribution in [0.3, 0.4) is 0 Å². The van der Waals surface area contributed by atoms with E-state index < -0.39 is 0 Å². The van der Waals surface area contributed by atoms with Gasteiger partial charge in [0.05, 0.1) is 25.0 Å². The van der Waals surface area contributed by atoms with Crippen LogP contribution in [0.15, 0.2) is 22.9 Å². The number of carbonyl (C=O) groups excluding carboxylic acids is 2. The molecule has 5 rings (SSSR count). The minimum Gasteiger partial charge on any atom is -0.462 e. The van der Waals surface area contributed by atoms with Gasteiger partial charge in [0, 0.05) is 37.6 Å². The summed E-state index contributed by atoms with van der Waals surface area (Å²) in [6.45, 7) is 5.37. The number of nitrogens with one attached hydrogen (secondary N) is 1. The third-order valence-electron chi connectivity index (χ3n) is 6.02. The molecule has 3 fully saturated rings. The van der Waals surface area contributed by atoms with Crippen molar-refractivity contribution in [1.29, 1.82) is 0 Å². The Balaban J connectivity index is 1.35. The van der Waals surface area contributed by atoms with Crippen molar-refractivity contribution < 1.29 is 18.7 Å². The predicted molar refractivity (Wildman–Crippen MR) is 101 cm³/mol. The lowest BCUT2D eigenvalue weighted by atomic mass is 9.97. The number of furan rings is 1. The monoisotopic (exact) mass is 384 g/mol. The third-order valence-corrected chi connectivity index (χ3v) is 6.02. The summed E-state index contributed by atoms with van der Waals surface area (Å²) >= 11 is 0. The highest BCUT2D eigenvalue weighted by atomic mass is 16.5. The molecule has 1 unspecified atom stereocenters. The number of nitrogens with zero attached hydrogens (tertiary/aromatic N) is 3. The van der Waals surface area contributed by atoms with Crippen LogP contribution >= 0.6 is 0 Å². The zero-order valence-electron chi connectivity index (χ0n) is 15.7. The maximum absolute atomic E-state index is 12.8. The van der Waals surface area contributed by atoms with Crippen molar-refractivity contribution >= 4 is 22.8 Å². The fourth-order valence-electron chi connectivity index (χ4n) is 4.58. The fourth-order valence-corrected chi connectivity index (χ4v) is 4.58. The summed E-state index contributed by atoms with van der Waals surface area (Å²) in [5, 5.41) is 3.75. The Morgan fingerprint density at radius 3 is 2.86 bits per heavy atom. The first-order chi connectivity index (χ1) is 13.7. The number of morpholine rings is 1. The first-order valence-corrected chi connectivity index (χ1v) is 9.95. The predicted octanol–water partition coefficient (Wildman–Crippen LogP) is 1.12. The Kier molecular flexibility index (Phi) is 4.52. The van der Waals surface area contributed by atoms with Gasteiger partial charge in [-0.15, -0.1) is 0 Å². The van der Waals surface area contributed by atoms with E-state index in [1.165, 1.54) is 18.9 Å². The van der Waals surface area contributed by atoms with Gasteiger partial charge in [0.15, 0.2) is 5.58 Å². The van der Waals surface area contributed by atoms with E-state index in [0.29, 0.717) is 54.4 Å². The van der Waals surface area contributed by atoms with Crippen LogP contribution in [-0.2, 0) is 4.74 Å². The van der Waals surface area contributed by atoms with Gasteiger partial charge in [-0.1, -0.05) is 0 Å². The number of pyridine rings is 1. The second-order valence-electron chi connectivity index (χ2n) is 7.94. The Bertz CT molecular complexity index is 893. The number of carbonyl (C=O) groups is 2. The van der Waals surface area contributed by atoms with Crippen molar-refractivity contribution in [3.8, 4) is 0 Å². The van der Waals surface area contributed by atoms with Crippen LogP contribution in [0.5, 0.6) is 0 Å².